The molecule has 31 heavy (non-hydrogen) atoms. The number of hydrogen-bond acceptors (Lipinski definition) is 5. The molecule has 0 saturated heterocycles. The molecule has 0 fully saturated rings. The van der Waals surface area contributed by atoms with Crippen molar-refractivity contribution in [1.29, 1.82) is 0 Å². The van der Waals surface area contributed by atoms with E-state index in [-0.39, 0.29) is 22.5 Å². The molecule has 8 nitrogen and oxygen atoms in total. The third-order valence-corrected chi connectivity index (χ3v) is 6.54. The van der Waals surface area contributed by atoms with Crippen LogP contribution in [0.2, 0.25) is 0 Å². The lowest BCUT2D eigenvalue weighted by molar-refractivity contribution is -0.114. The first-order chi connectivity index (χ1) is 14.7. The van der Waals surface area contributed by atoms with E-state index >= 15 is 0 Å². The normalized spacial score (nSPS) is 13.0. The maximum absolute atomic E-state index is 13.0. The summed E-state index contributed by atoms with van der Waals surface area (Å²) in [6, 6.07) is 13.0. The first-order valence-electron chi connectivity index (χ1n) is 9.64. The lowest BCUT2D eigenvalue weighted by Crippen LogP contribution is -2.28. The van der Waals surface area contributed by atoms with Gasteiger partial charge in [0.15, 0.2) is 5.76 Å². The second kappa shape index (κ2) is 7.92. The van der Waals surface area contributed by atoms with Crippen molar-refractivity contribution in [3.63, 3.8) is 0 Å². The van der Waals surface area contributed by atoms with Gasteiger partial charge < -0.3 is 14.6 Å². The summed E-state index contributed by atoms with van der Waals surface area (Å²) in [5.41, 5.74) is 2.98. The summed E-state index contributed by atoms with van der Waals surface area (Å²) in [6.45, 7) is 3.54. The highest BCUT2D eigenvalue weighted by Crippen LogP contribution is 2.33. The van der Waals surface area contributed by atoms with Crippen molar-refractivity contribution < 1.29 is 22.4 Å². The summed E-state index contributed by atoms with van der Waals surface area (Å²) in [5, 5.41) is 2.63. The largest absolute Gasteiger partial charge is 0.459 e. The highest BCUT2D eigenvalue weighted by atomic mass is 32.2. The lowest BCUT2D eigenvalue weighted by atomic mass is 10.1. The molecule has 2 aromatic carbocycles. The number of sulfonamides is 1. The van der Waals surface area contributed by atoms with Crippen LogP contribution in [-0.2, 0) is 21.2 Å². The Hall–Kier alpha value is -3.59. The van der Waals surface area contributed by atoms with Gasteiger partial charge in [0.1, 0.15) is 0 Å². The summed E-state index contributed by atoms with van der Waals surface area (Å²) in [4.78, 5) is 25.6. The number of benzene rings is 2. The summed E-state index contributed by atoms with van der Waals surface area (Å²) >= 11 is 0. The standard InChI is InChI=1S/C22H21N3O5S/c1-14-12-17(23-15(2)26)7-8-21(14)31(28,29)24-18-6-5-16-9-10-25(19(16)13-18)22(27)20-4-3-11-30-20/h3-8,11-13,24H,9-10H2,1-2H3,(H,23,26). The Morgan fingerprint density at radius 1 is 1.06 bits per heavy atom. The van der Waals surface area contributed by atoms with Gasteiger partial charge in [-0.3, -0.25) is 14.3 Å². The van der Waals surface area contributed by atoms with Crippen LogP contribution in [0.4, 0.5) is 17.1 Å². The minimum Gasteiger partial charge on any atom is -0.459 e. The third-order valence-electron chi connectivity index (χ3n) is 4.99. The molecule has 3 aromatic rings. The third kappa shape index (κ3) is 4.17. The monoisotopic (exact) mass is 439 g/mol. The van der Waals surface area contributed by atoms with Gasteiger partial charge in [-0.15, -0.1) is 0 Å². The SMILES string of the molecule is CC(=O)Nc1ccc(S(=O)(=O)Nc2ccc3c(c2)N(C(=O)c2ccco2)CC3)c(C)c1. The fourth-order valence-corrected chi connectivity index (χ4v) is 4.91. The Balaban J connectivity index is 1.60. The van der Waals surface area contributed by atoms with Gasteiger partial charge in [-0.1, -0.05) is 6.07 Å². The molecular weight excluding hydrogens is 418 g/mol. The molecule has 2 amide bonds. The predicted molar refractivity (Wildman–Crippen MR) is 117 cm³/mol. The number of nitrogens with zero attached hydrogens (tertiary/aromatic N) is 1. The molecule has 0 atom stereocenters. The lowest BCUT2D eigenvalue weighted by Gasteiger charge is -2.17. The topological polar surface area (TPSA) is 109 Å². The van der Waals surface area contributed by atoms with Crippen molar-refractivity contribution in [3.8, 4) is 0 Å². The molecular formula is C22H21N3O5S. The maximum Gasteiger partial charge on any atom is 0.293 e. The van der Waals surface area contributed by atoms with Gasteiger partial charge in [0, 0.05) is 24.8 Å². The average molecular weight is 439 g/mol. The molecule has 4 rings (SSSR count). The average Bonchev–Trinajstić information content (AvgIpc) is 3.36. The first kappa shape index (κ1) is 20.7. The number of anilines is 3. The van der Waals surface area contributed by atoms with Crippen LogP contribution < -0.4 is 14.9 Å². The first-order valence-corrected chi connectivity index (χ1v) is 11.1. The van der Waals surface area contributed by atoms with E-state index in [0.29, 0.717) is 35.6 Å². The van der Waals surface area contributed by atoms with Crippen molar-refractivity contribution >= 4 is 38.9 Å². The number of carbonyl (C=O) groups is 2. The summed E-state index contributed by atoms with van der Waals surface area (Å²) in [5.74, 6) is -0.276. The summed E-state index contributed by atoms with van der Waals surface area (Å²) in [7, 11) is -3.87. The van der Waals surface area contributed by atoms with Gasteiger partial charge >= 0.3 is 0 Å². The van der Waals surface area contributed by atoms with Crippen molar-refractivity contribution in [2.45, 2.75) is 25.2 Å². The Labute approximate surface area is 179 Å². The Bertz CT molecular complexity index is 1270. The number of hydrogen-bond donors (Lipinski definition) is 2. The molecule has 1 aromatic heterocycles. The highest BCUT2D eigenvalue weighted by Gasteiger charge is 2.28. The van der Waals surface area contributed by atoms with Crippen molar-refractivity contribution in [1.82, 2.24) is 0 Å². The van der Waals surface area contributed by atoms with E-state index in [0.717, 1.165) is 5.56 Å². The van der Waals surface area contributed by atoms with Crippen LogP contribution >= 0.6 is 0 Å². The number of aryl methyl sites for hydroxylation is 1. The summed E-state index contributed by atoms with van der Waals surface area (Å²) < 4.78 is 33.7. The van der Waals surface area contributed by atoms with E-state index in [4.69, 9.17) is 4.42 Å². The van der Waals surface area contributed by atoms with Crippen LogP contribution in [-0.4, -0.2) is 26.8 Å². The van der Waals surface area contributed by atoms with Crippen LogP contribution in [0, 0.1) is 6.92 Å². The molecule has 0 saturated carbocycles. The zero-order valence-corrected chi connectivity index (χ0v) is 17.8. The predicted octanol–water partition coefficient (Wildman–Crippen LogP) is 3.55. The number of rotatable bonds is 5. The van der Waals surface area contributed by atoms with Crippen molar-refractivity contribution in [2.75, 3.05) is 21.5 Å². The van der Waals surface area contributed by atoms with E-state index in [9.17, 15) is 18.0 Å². The van der Waals surface area contributed by atoms with Gasteiger partial charge in [0.2, 0.25) is 5.91 Å². The number of amides is 2. The van der Waals surface area contributed by atoms with Gasteiger partial charge in [-0.05, 0) is 66.9 Å². The fourth-order valence-electron chi connectivity index (χ4n) is 3.63. The molecule has 1 aliphatic heterocycles. The van der Waals surface area contributed by atoms with Gasteiger partial charge in [0.25, 0.3) is 15.9 Å². The minimum atomic E-state index is -3.87. The van der Waals surface area contributed by atoms with E-state index in [1.807, 2.05) is 6.07 Å². The molecule has 0 radical (unpaired) electrons. The highest BCUT2D eigenvalue weighted by molar-refractivity contribution is 7.92. The molecule has 2 heterocycles. The molecule has 0 bridgehead atoms. The Morgan fingerprint density at radius 2 is 1.84 bits per heavy atom. The smallest absolute Gasteiger partial charge is 0.293 e. The molecule has 0 unspecified atom stereocenters. The van der Waals surface area contributed by atoms with Crippen LogP contribution in [0.3, 0.4) is 0 Å². The summed E-state index contributed by atoms with van der Waals surface area (Å²) in [6.07, 6.45) is 2.12. The zero-order chi connectivity index (χ0) is 22.2. The Kier molecular flexibility index (Phi) is 5.28. The minimum absolute atomic E-state index is 0.102. The Morgan fingerprint density at radius 3 is 2.52 bits per heavy atom. The van der Waals surface area contributed by atoms with E-state index in [1.165, 1.54) is 25.3 Å². The van der Waals surface area contributed by atoms with Crippen LogP contribution in [0.1, 0.15) is 28.6 Å². The van der Waals surface area contributed by atoms with Gasteiger partial charge in [0.05, 0.1) is 16.8 Å². The van der Waals surface area contributed by atoms with Crippen molar-refractivity contribution in [2.24, 2.45) is 0 Å². The molecule has 9 heteroatoms. The molecule has 0 aliphatic carbocycles. The number of nitrogens with one attached hydrogen (secondary N) is 2. The van der Waals surface area contributed by atoms with Gasteiger partial charge in [-0.25, -0.2) is 8.42 Å². The van der Waals surface area contributed by atoms with E-state index in [2.05, 4.69) is 10.0 Å². The number of furan rings is 1. The molecule has 160 valence electrons. The molecule has 0 spiro atoms. The molecule has 2 N–H and O–H groups in total. The van der Waals surface area contributed by atoms with E-state index in [1.54, 1.807) is 42.2 Å². The second-order valence-electron chi connectivity index (χ2n) is 7.29. The van der Waals surface area contributed by atoms with E-state index < -0.39 is 10.0 Å². The van der Waals surface area contributed by atoms with Gasteiger partial charge in [-0.2, -0.15) is 0 Å². The second-order valence-corrected chi connectivity index (χ2v) is 8.95. The molecule has 1 aliphatic rings. The zero-order valence-electron chi connectivity index (χ0n) is 17.0. The number of fused-ring (bicyclic) bond motifs is 1. The fraction of sp³-hybridized carbons (Fsp3) is 0.182. The van der Waals surface area contributed by atoms with Crippen LogP contribution in [0.15, 0.2) is 64.1 Å². The quantitative estimate of drug-likeness (QED) is 0.632. The van der Waals surface area contributed by atoms with Crippen LogP contribution in [0.5, 0.6) is 0 Å². The van der Waals surface area contributed by atoms with Crippen molar-refractivity contribution in [3.05, 3.63) is 71.7 Å². The maximum atomic E-state index is 13.0. The number of carbonyl (C=O) groups excluding carboxylic acids is 2. The van der Waals surface area contributed by atoms with Crippen LogP contribution in [0.25, 0.3) is 0 Å².